The molecule has 8 N–H and O–H groups in total. The molecule has 0 aliphatic heterocycles. The van der Waals surface area contributed by atoms with Crippen LogP contribution >= 0.6 is 0 Å². The molecule has 0 aliphatic rings. The second kappa shape index (κ2) is 17.2. The summed E-state index contributed by atoms with van der Waals surface area (Å²) in [6, 6.07) is -4.85. The van der Waals surface area contributed by atoms with Crippen molar-refractivity contribution >= 4 is 35.6 Å². The predicted octanol–water partition coefficient (Wildman–Crippen LogP) is -0.0373. The Morgan fingerprint density at radius 3 is 1.83 bits per heavy atom. The smallest absolute Gasteiger partial charge is 0.326 e. The van der Waals surface area contributed by atoms with E-state index in [1.165, 1.54) is 6.92 Å². The van der Waals surface area contributed by atoms with Gasteiger partial charge < -0.3 is 37.0 Å². The van der Waals surface area contributed by atoms with Gasteiger partial charge in [-0.05, 0) is 39.0 Å². The molecule has 3 amide bonds. The Bertz CT molecular complexity index is 744. The van der Waals surface area contributed by atoms with Crippen LogP contribution in [-0.2, 0) is 28.8 Å². The molecule has 0 aliphatic carbocycles. The van der Waals surface area contributed by atoms with Gasteiger partial charge in [-0.1, -0.05) is 26.2 Å². The number of carboxylic acids is 3. The maximum atomic E-state index is 12.5. The third-order valence-corrected chi connectivity index (χ3v) is 5.26. The molecule has 0 saturated heterocycles. The van der Waals surface area contributed by atoms with E-state index < -0.39 is 59.8 Å². The van der Waals surface area contributed by atoms with E-state index in [9.17, 15) is 33.9 Å². The first-order valence-electron chi connectivity index (χ1n) is 11.7. The summed E-state index contributed by atoms with van der Waals surface area (Å²) >= 11 is 0. The number of aliphatic carboxylic acids is 3. The van der Waals surface area contributed by atoms with Crippen LogP contribution in [0.3, 0.4) is 0 Å². The maximum absolute atomic E-state index is 12.5. The summed E-state index contributed by atoms with van der Waals surface area (Å²) in [6.45, 7) is 3.26. The average Bonchev–Trinajstić information content (AvgIpc) is 2.78. The van der Waals surface area contributed by atoms with E-state index in [0.29, 0.717) is 6.42 Å². The quantitative estimate of drug-likeness (QED) is 0.117. The number of carbonyl (C=O) groups is 6. The molecule has 0 aromatic carbocycles. The molecule has 4 atom stereocenters. The van der Waals surface area contributed by atoms with E-state index in [-0.39, 0.29) is 38.5 Å². The van der Waals surface area contributed by atoms with Crippen molar-refractivity contribution in [1.29, 1.82) is 0 Å². The first kappa shape index (κ1) is 31.8. The molecule has 0 heterocycles. The number of unbranched alkanes of at least 4 members (excludes halogenated alkanes) is 3. The summed E-state index contributed by atoms with van der Waals surface area (Å²) in [5, 5.41) is 34.2. The number of rotatable bonds is 19. The Morgan fingerprint density at radius 2 is 1.29 bits per heavy atom. The van der Waals surface area contributed by atoms with Crippen LogP contribution in [0.5, 0.6) is 0 Å². The number of hydrogen-bond donors (Lipinski definition) is 7. The zero-order valence-electron chi connectivity index (χ0n) is 20.2. The highest BCUT2D eigenvalue weighted by Gasteiger charge is 2.26. The molecular weight excluding hydrogens is 464 g/mol. The zero-order valence-corrected chi connectivity index (χ0v) is 20.2. The van der Waals surface area contributed by atoms with E-state index in [0.717, 1.165) is 19.3 Å². The van der Waals surface area contributed by atoms with E-state index >= 15 is 0 Å². The number of nitrogens with two attached hydrogens (primary N) is 1. The molecule has 0 unspecified atom stereocenters. The van der Waals surface area contributed by atoms with Gasteiger partial charge in [-0.2, -0.15) is 0 Å². The van der Waals surface area contributed by atoms with Crippen molar-refractivity contribution < 1.29 is 44.1 Å². The fourth-order valence-electron chi connectivity index (χ4n) is 3.09. The van der Waals surface area contributed by atoms with Crippen molar-refractivity contribution in [2.45, 2.75) is 102 Å². The van der Waals surface area contributed by atoms with Gasteiger partial charge >= 0.3 is 17.9 Å². The highest BCUT2D eigenvalue weighted by molar-refractivity contribution is 5.90. The minimum atomic E-state index is -1.30. The van der Waals surface area contributed by atoms with Crippen molar-refractivity contribution in [3.8, 4) is 0 Å². The maximum Gasteiger partial charge on any atom is 0.326 e. The highest BCUT2D eigenvalue weighted by Crippen LogP contribution is 2.07. The fourth-order valence-corrected chi connectivity index (χ4v) is 3.09. The summed E-state index contributed by atoms with van der Waals surface area (Å²) in [5.74, 6) is -5.70. The van der Waals surface area contributed by atoms with Crippen LogP contribution in [0.25, 0.3) is 0 Å². The van der Waals surface area contributed by atoms with Crippen molar-refractivity contribution in [3.63, 3.8) is 0 Å². The summed E-state index contributed by atoms with van der Waals surface area (Å²) < 4.78 is 0. The monoisotopic (exact) mass is 502 g/mol. The molecule has 13 heteroatoms. The Labute approximate surface area is 204 Å². The Kier molecular flexibility index (Phi) is 15.7. The van der Waals surface area contributed by atoms with E-state index in [1.54, 1.807) is 0 Å². The third-order valence-electron chi connectivity index (χ3n) is 5.26. The molecule has 0 aromatic rings. The summed E-state index contributed by atoms with van der Waals surface area (Å²) in [6.07, 6.45) is 3.25. The lowest BCUT2D eigenvalue weighted by Crippen LogP contribution is -2.51. The normalized spacial score (nSPS) is 14.1. The van der Waals surface area contributed by atoms with Crippen LogP contribution in [-0.4, -0.2) is 75.1 Å². The summed E-state index contributed by atoms with van der Waals surface area (Å²) in [5.41, 5.74) is 5.44. The van der Waals surface area contributed by atoms with Gasteiger partial charge in [-0.15, -0.1) is 0 Å². The van der Waals surface area contributed by atoms with Gasteiger partial charge in [0.05, 0.1) is 0 Å². The second-order valence-corrected chi connectivity index (χ2v) is 8.37. The third kappa shape index (κ3) is 14.6. The molecule has 0 saturated carbocycles. The Morgan fingerprint density at radius 1 is 0.686 bits per heavy atom. The number of nitrogens with one attached hydrogen (secondary N) is 3. The van der Waals surface area contributed by atoms with E-state index in [4.69, 9.17) is 15.9 Å². The van der Waals surface area contributed by atoms with Crippen molar-refractivity contribution in [2.24, 2.45) is 5.73 Å². The van der Waals surface area contributed by atoms with Gasteiger partial charge in [0.2, 0.25) is 17.7 Å². The second-order valence-electron chi connectivity index (χ2n) is 8.37. The number of carboxylic acid groups (broad SMARTS) is 3. The number of carbonyl (C=O) groups excluding carboxylic acids is 3. The lowest BCUT2D eigenvalue weighted by Gasteiger charge is -2.21. The lowest BCUT2D eigenvalue weighted by atomic mass is 10.0. The lowest BCUT2D eigenvalue weighted by molar-refractivity contribution is -0.142. The molecule has 0 radical (unpaired) electrons. The van der Waals surface area contributed by atoms with Gasteiger partial charge in [0, 0.05) is 12.8 Å². The fraction of sp³-hybridized carbons (Fsp3) is 0.727. The van der Waals surface area contributed by atoms with E-state index in [2.05, 4.69) is 16.0 Å². The van der Waals surface area contributed by atoms with Gasteiger partial charge in [-0.3, -0.25) is 24.0 Å². The largest absolute Gasteiger partial charge is 0.480 e. The van der Waals surface area contributed by atoms with Crippen LogP contribution in [0.15, 0.2) is 0 Å². The van der Waals surface area contributed by atoms with Crippen LogP contribution in [0, 0.1) is 0 Å². The van der Waals surface area contributed by atoms with Crippen LogP contribution in [0.4, 0.5) is 0 Å². The number of hydrogen-bond acceptors (Lipinski definition) is 7. The van der Waals surface area contributed by atoms with Crippen LogP contribution in [0.2, 0.25) is 0 Å². The van der Waals surface area contributed by atoms with Crippen molar-refractivity contribution in [2.75, 3.05) is 0 Å². The Hall–Kier alpha value is -3.22. The molecule has 0 fully saturated rings. The van der Waals surface area contributed by atoms with Crippen molar-refractivity contribution in [3.05, 3.63) is 0 Å². The average molecular weight is 503 g/mol. The van der Waals surface area contributed by atoms with Crippen LogP contribution < -0.4 is 21.7 Å². The first-order chi connectivity index (χ1) is 16.4. The zero-order chi connectivity index (χ0) is 27.0. The Balaban J connectivity index is 4.95. The topological polar surface area (TPSA) is 225 Å². The minimum absolute atomic E-state index is 0.0122. The van der Waals surface area contributed by atoms with Crippen LogP contribution in [0.1, 0.15) is 78.1 Å². The molecule has 35 heavy (non-hydrogen) atoms. The standard InChI is InChI=1S/C22H38N4O9/c1-3-4-5-6-10-17(27)26-16(22(34)35)11-12-18(28)25-15(9-7-8-14(23)21(32)33)19(29)24-13(2)20(30)31/h13-16H,3-12,23H2,1-2H3,(H,24,29)(H,25,28)(H,26,27)(H,30,31)(H,32,33)(H,34,35)/t13-,14-,15+,16-/m1/s1. The summed E-state index contributed by atoms with van der Waals surface area (Å²) in [7, 11) is 0. The SMILES string of the molecule is CCCCCCC(=O)N[C@H](CCC(=O)N[C@@H](CCC[C@@H](N)C(=O)O)C(=O)N[C@H](C)C(=O)O)C(=O)O. The molecule has 0 spiro atoms. The highest BCUT2D eigenvalue weighted by atomic mass is 16.4. The van der Waals surface area contributed by atoms with Crippen molar-refractivity contribution in [1.82, 2.24) is 16.0 Å². The molecule has 0 rings (SSSR count). The van der Waals surface area contributed by atoms with Gasteiger partial charge in [-0.25, -0.2) is 4.79 Å². The molecular formula is C22H38N4O9. The molecule has 200 valence electrons. The van der Waals surface area contributed by atoms with Gasteiger partial charge in [0.25, 0.3) is 0 Å². The molecule has 13 nitrogen and oxygen atoms in total. The minimum Gasteiger partial charge on any atom is -0.480 e. The molecule has 0 aromatic heterocycles. The predicted molar refractivity (Wildman–Crippen MR) is 124 cm³/mol. The van der Waals surface area contributed by atoms with Gasteiger partial charge in [0.1, 0.15) is 24.2 Å². The molecule has 0 bridgehead atoms. The summed E-state index contributed by atoms with van der Waals surface area (Å²) in [4.78, 5) is 70.2. The number of amides is 3. The van der Waals surface area contributed by atoms with E-state index in [1.807, 2.05) is 6.92 Å². The first-order valence-corrected chi connectivity index (χ1v) is 11.7. The van der Waals surface area contributed by atoms with Gasteiger partial charge in [0.15, 0.2) is 0 Å².